The summed E-state index contributed by atoms with van der Waals surface area (Å²) in [4.78, 5) is 33.7. The van der Waals surface area contributed by atoms with Crippen LogP contribution in [0, 0.1) is 0 Å². The number of carboxylic acid groups (broad SMARTS) is 1. The summed E-state index contributed by atoms with van der Waals surface area (Å²) in [6, 6.07) is 0. The fourth-order valence-corrected chi connectivity index (χ4v) is 1.72. The Morgan fingerprint density at radius 3 is 2.75 bits per heavy atom. The van der Waals surface area contributed by atoms with Gasteiger partial charge in [-0.3, -0.25) is 9.59 Å². The second-order valence-electron chi connectivity index (χ2n) is 4.20. The first kappa shape index (κ1) is 13.9. The molecule has 0 saturated carbocycles. The number of carbonyl (C=O) groups excluding carboxylic acids is 1. The molecule has 20 heavy (non-hydrogen) atoms. The number of aromatic nitrogens is 4. The lowest BCUT2D eigenvalue weighted by Gasteiger charge is -2.10. The van der Waals surface area contributed by atoms with Crippen LogP contribution in [0.5, 0.6) is 0 Å². The Bertz CT molecular complexity index is 653. The Morgan fingerprint density at radius 1 is 1.30 bits per heavy atom. The maximum absolute atomic E-state index is 11.6. The molecular formula is C11H13N5O4. The second-order valence-corrected chi connectivity index (χ2v) is 4.20. The molecule has 0 spiro atoms. The Morgan fingerprint density at radius 2 is 2.05 bits per heavy atom. The van der Waals surface area contributed by atoms with Crippen molar-refractivity contribution >= 4 is 28.7 Å². The van der Waals surface area contributed by atoms with E-state index in [1.807, 2.05) is 0 Å². The van der Waals surface area contributed by atoms with Crippen LogP contribution in [0.25, 0.3) is 11.2 Å². The molecule has 0 bridgehead atoms. The van der Waals surface area contributed by atoms with E-state index in [0.717, 1.165) is 0 Å². The van der Waals surface area contributed by atoms with Crippen LogP contribution in [0.1, 0.15) is 12.8 Å². The number of carboxylic acids is 1. The lowest BCUT2D eigenvalue weighted by atomic mass is 10.1. The number of imidazole rings is 1. The zero-order chi connectivity index (χ0) is 14.7. The molecule has 2 aromatic rings. The molecule has 0 aliphatic rings. The summed E-state index contributed by atoms with van der Waals surface area (Å²) < 4.78 is 1.47. The first-order valence-corrected chi connectivity index (χ1v) is 5.83. The summed E-state index contributed by atoms with van der Waals surface area (Å²) in [6.07, 6.45) is 0.802. The zero-order valence-corrected chi connectivity index (χ0v) is 10.4. The van der Waals surface area contributed by atoms with Crippen LogP contribution >= 0.6 is 0 Å². The topological polar surface area (TPSA) is 144 Å². The fraction of sp³-hybridized carbons (Fsp3) is 0.364. The lowest BCUT2D eigenvalue weighted by molar-refractivity contribution is -0.139. The first-order chi connectivity index (χ1) is 9.49. The van der Waals surface area contributed by atoms with Crippen LogP contribution in [-0.2, 0) is 16.1 Å². The van der Waals surface area contributed by atoms with Crippen LogP contribution < -0.4 is 5.73 Å². The van der Waals surface area contributed by atoms with Gasteiger partial charge in [0.25, 0.3) is 0 Å². The van der Waals surface area contributed by atoms with E-state index in [0.29, 0.717) is 11.2 Å². The van der Waals surface area contributed by atoms with Gasteiger partial charge in [0, 0.05) is 6.42 Å². The van der Waals surface area contributed by atoms with Crippen molar-refractivity contribution in [3.05, 3.63) is 12.7 Å². The largest absolute Gasteiger partial charge is 0.481 e. The molecule has 0 radical (unpaired) electrons. The molecule has 106 valence electrons. The van der Waals surface area contributed by atoms with Crippen molar-refractivity contribution in [2.75, 3.05) is 5.73 Å². The van der Waals surface area contributed by atoms with Crippen molar-refractivity contribution in [2.45, 2.75) is 25.5 Å². The smallest absolute Gasteiger partial charge is 0.303 e. The van der Waals surface area contributed by atoms with Gasteiger partial charge < -0.3 is 20.5 Å². The molecule has 0 amide bonds. The predicted octanol–water partition coefficient (Wildman–Crippen LogP) is -0.797. The van der Waals surface area contributed by atoms with Crippen LogP contribution in [-0.4, -0.2) is 47.6 Å². The van der Waals surface area contributed by atoms with Crippen molar-refractivity contribution < 1.29 is 19.8 Å². The summed E-state index contributed by atoms with van der Waals surface area (Å²) >= 11 is 0. The number of carbonyl (C=O) groups is 2. The summed E-state index contributed by atoms with van der Waals surface area (Å²) in [6.45, 7) is -0.0641. The third kappa shape index (κ3) is 2.88. The van der Waals surface area contributed by atoms with E-state index >= 15 is 0 Å². The number of rotatable bonds is 6. The number of aliphatic hydroxyl groups excluding tert-OH is 1. The van der Waals surface area contributed by atoms with E-state index < -0.39 is 17.9 Å². The van der Waals surface area contributed by atoms with E-state index in [2.05, 4.69) is 15.0 Å². The number of nitrogens with zero attached hydrogens (tertiary/aromatic N) is 4. The van der Waals surface area contributed by atoms with E-state index in [-0.39, 0.29) is 25.2 Å². The van der Waals surface area contributed by atoms with Gasteiger partial charge in [-0.1, -0.05) is 0 Å². The van der Waals surface area contributed by atoms with Gasteiger partial charge in [-0.2, -0.15) is 0 Å². The van der Waals surface area contributed by atoms with Crippen LogP contribution in [0.4, 0.5) is 5.82 Å². The standard InChI is InChI=1S/C11H13N5O4/c12-10-9-11(14-4-13-10)16(5-15-9)3-7(18)6(17)1-2-8(19)20/h4-5,7,18H,1-3H2,(H,19,20)(H2,12,13,14)/t7-/m0/s1. The Kier molecular flexibility index (Phi) is 3.89. The number of hydrogen-bond acceptors (Lipinski definition) is 7. The van der Waals surface area contributed by atoms with Gasteiger partial charge in [0.2, 0.25) is 0 Å². The highest BCUT2D eigenvalue weighted by atomic mass is 16.4. The van der Waals surface area contributed by atoms with Crippen molar-refractivity contribution in [2.24, 2.45) is 0 Å². The van der Waals surface area contributed by atoms with Crippen molar-refractivity contribution in [3.8, 4) is 0 Å². The third-order valence-corrected chi connectivity index (χ3v) is 2.76. The van der Waals surface area contributed by atoms with Crippen LogP contribution in [0.3, 0.4) is 0 Å². The van der Waals surface area contributed by atoms with E-state index in [1.54, 1.807) is 0 Å². The molecule has 2 heterocycles. The van der Waals surface area contributed by atoms with Gasteiger partial charge in [0.1, 0.15) is 17.9 Å². The maximum Gasteiger partial charge on any atom is 0.303 e. The molecule has 2 rings (SSSR count). The number of Topliss-reactive ketones (excluding diaryl/α,β-unsaturated/α-hetero) is 1. The van der Waals surface area contributed by atoms with Gasteiger partial charge in [-0.05, 0) is 0 Å². The Labute approximate surface area is 113 Å². The maximum atomic E-state index is 11.6. The number of fused-ring (bicyclic) bond motifs is 1. The zero-order valence-electron chi connectivity index (χ0n) is 10.4. The fourth-order valence-electron chi connectivity index (χ4n) is 1.72. The highest BCUT2D eigenvalue weighted by Crippen LogP contribution is 2.14. The minimum absolute atomic E-state index is 0.0641. The first-order valence-electron chi connectivity index (χ1n) is 5.83. The molecule has 0 fully saturated rings. The molecule has 0 aromatic carbocycles. The monoisotopic (exact) mass is 279 g/mol. The molecule has 2 aromatic heterocycles. The van der Waals surface area contributed by atoms with Crippen LogP contribution in [0.2, 0.25) is 0 Å². The normalized spacial score (nSPS) is 12.4. The molecule has 0 aliphatic heterocycles. The van der Waals surface area contributed by atoms with E-state index in [1.165, 1.54) is 17.2 Å². The minimum atomic E-state index is -1.32. The van der Waals surface area contributed by atoms with Gasteiger partial charge in [-0.15, -0.1) is 0 Å². The number of hydrogen-bond donors (Lipinski definition) is 3. The Balaban J connectivity index is 2.10. The molecular weight excluding hydrogens is 266 g/mol. The van der Waals surface area contributed by atoms with Gasteiger partial charge in [0.05, 0.1) is 19.3 Å². The summed E-state index contributed by atoms with van der Waals surface area (Å²) in [5.74, 6) is -1.42. The average molecular weight is 279 g/mol. The van der Waals surface area contributed by atoms with Crippen LogP contribution in [0.15, 0.2) is 12.7 Å². The average Bonchev–Trinajstić information content (AvgIpc) is 2.80. The lowest BCUT2D eigenvalue weighted by Crippen LogP contribution is -2.26. The molecule has 0 unspecified atom stereocenters. The minimum Gasteiger partial charge on any atom is -0.481 e. The number of ketones is 1. The van der Waals surface area contributed by atoms with E-state index in [9.17, 15) is 14.7 Å². The third-order valence-electron chi connectivity index (χ3n) is 2.76. The quantitative estimate of drug-likeness (QED) is 0.623. The molecule has 9 heteroatoms. The number of nitrogen functional groups attached to an aromatic ring is 1. The predicted molar refractivity (Wildman–Crippen MR) is 67.6 cm³/mol. The summed E-state index contributed by atoms with van der Waals surface area (Å²) in [5.41, 5.74) is 6.41. The number of aliphatic hydroxyl groups is 1. The highest BCUT2D eigenvalue weighted by molar-refractivity contribution is 5.86. The molecule has 1 atom stereocenters. The summed E-state index contributed by atoms with van der Waals surface area (Å²) in [5, 5.41) is 18.3. The SMILES string of the molecule is Nc1ncnc2c1ncn2C[C@H](O)C(=O)CCC(=O)O. The van der Waals surface area contributed by atoms with Crippen molar-refractivity contribution in [1.82, 2.24) is 19.5 Å². The van der Waals surface area contributed by atoms with Crippen molar-refractivity contribution in [1.29, 1.82) is 0 Å². The van der Waals surface area contributed by atoms with E-state index in [4.69, 9.17) is 10.8 Å². The molecule has 4 N–H and O–H groups in total. The number of nitrogens with two attached hydrogens (primary N) is 1. The molecule has 0 saturated heterocycles. The number of aliphatic carboxylic acids is 1. The Hall–Kier alpha value is -2.55. The summed E-state index contributed by atoms with van der Waals surface area (Å²) in [7, 11) is 0. The molecule has 9 nitrogen and oxygen atoms in total. The van der Waals surface area contributed by atoms with Gasteiger partial charge in [0.15, 0.2) is 17.2 Å². The van der Waals surface area contributed by atoms with Crippen molar-refractivity contribution in [3.63, 3.8) is 0 Å². The molecule has 0 aliphatic carbocycles. The second kappa shape index (κ2) is 5.61. The highest BCUT2D eigenvalue weighted by Gasteiger charge is 2.18. The van der Waals surface area contributed by atoms with Gasteiger partial charge in [-0.25, -0.2) is 15.0 Å². The van der Waals surface area contributed by atoms with Gasteiger partial charge >= 0.3 is 5.97 Å². The number of anilines is 1.